The summed E-state index contributed by atoms with van der Waals surface area (Å²) in [5, 5.41) is 14.4. The van der Waals surface area contributed by atoms with Gasteiger partial charge in [0.2, 0.25) is 6.10 Å². The molecule has 4 rings (SSSR count). The minimum atomic E-state index is -1.41. The molecule has 6 nitrogen and oxygen atoms in total. The molecule has 0 aromatic heterocycles. The van der Waals surface area contributed by atoms with E-state index in [1.165, 1.54) is 5.56 Å². The Morgan fingerprint density at radius 2 is 1.41 bits per heavy atom. The number of hydrogen-bond donors (Lipinski definition) is 1. The van der Waals surface area contributed by atoms with Crippen LogP contribution in [-0.4, -0.2) is 44.2 Å². The maximum absolute atomic E-state index is 12.4. The molecular formula is C37H43NO5Si. The number of carboxylic acid groups (broad SMARTS) is 1. The standard InChI is InChI=1S/C37H43NO5Si/c1-27-11-19-34(20-12-27)43-36(37(39)40)35(23-26-44(3,4)5)32-17-21-33(22-18-32)41-24-25-42-38-28(2)29-13-15-31(16-14-29)30-9-7-6-8-10-30/h6-22,35-36H,23-26H2,1-5H3,(H,39,40). The van der Waals surface area contributed by atoms with Gasteiger partial charge in [0.25, 0.3) is 0 Å². The molecule has 0 saturated carbocycles. The zero-order chi connectivity index (χ0) is 31.5. The van der Waals surface area contributed by atoms with Crippen molar-refractivity contribution in [2.45, 2.75) is 58.0 Å². The quantitative estimate of drug-likeness (QED) is 0.0631. The average Bonchev–Trinajstić information content (AvgIpc) is 3.01. The number of nitrogens with zero attached hydrogens (tertiary/aromatic N) is 1. The van der Waals surface area contributed by atoms with Crippen molar-refractivity contribution in [3.8, 4) is 22.6 Å². The molecule has 0 spiro atoms. The van der Waals surface area contributed by atoms with Crippen molar-refractivity contribution >= 4 is 19.8 Å². The molecule has 0 saturated heterocycles. The smallest absolute Gasteiger partial charge is 0.345 e. The van der Waals surface area contributed by atoms with Gasteiger partial charge in [-0.1, -0.05) is 115 Å². The fourth-order valence-corrected chi connectivity index (χ4v) is 6.06. The predicted molar refractivity (Wildman–Crippen MR) is 181 cm³/mol. The first kappa shape index (κ1) is 32.5. The van der Waals surface area contributed by atoms with Crippen molar-refractivity contribution in [3.63, 3.8) is 0 Å². The molecule has 44 heavy (non-hydrogen) atoms. The van der Waals surface area contributed by atoms with Crippen molar-refractivity contribution in [1.82, 2.24) is 0 Å². The van der Waals surface area contributed by atoms with E-state index in [2.05, 4.69) is 49.1 Å². The van der Waals surface area contributed by atoms with Crippen LogP contribution in [0.25, 0.3) is 11.1 Å². The van der Waals surface area contributed by atoms with Crippen LogP contribution in [0.1, 0.15) is 36.0 Å². The van der Waals surface area contributed by atoms with Gasteiger partial charge in [0.1, 0.15) is 18.1 Å². The van der Waals surface area contributed by atoms with Gasteiger partial charge in [0, 0.05) is 14.0 Å². The van der Waals surface area contributed by atoms with Crippen LogP contribution in [0.15, 0.2) is 108 Å². The Morgan fingerprint density at radius 1 is 0.795 bits per heavy atom. The summed E-state index contributed by atoms with van der Waals surface area (Å²) in [4.78, 5) is 17.9. The Labute approximate surface area is 262 Å². The highest BCUT2D eigenvalue weighted by Crippen LogP contribution is 2.32. The summed E-state index contributed by atoms with van der Waals surface area (Å²) < 4.78 is 12.0. The highest BCUT2D eigenvalue weighted by molar-refractivity contribution is 6.76. The molecule has 230 valence electrons. The first-order chi connectivity index (χ1) is 21.1. The molecule has 2 unspecified atom stereocenters. The summed E-state index contributed by atoms with van der Waals surface area (Å²) in [6, 6.07) is 34.7. The lowest BCUT2D eigenvalue weighted by Crippen LogP contribution is -2.35. The van der Waals surface area contributed by atoms with E-state index in [0.29, 0.717) is 24.7 Å². The first-order valence-corrected chi connectivity index (χ1v) is 18.8. The van der Waals surface area contributed by atoms with Gasteiger partial charge < -0.3 is 19.4 Å². The Kier molecular flexibility index (Phi) is 11.4. The van der Waals surface area contributed by atoms with Crippen LogP contribution >= 0.6 is 0 Å². The van der Waals surface area contributed by atoms with Crippen LogP contribution in [0.2, 0.25) is 25.7 Å². The maximum Gasteiger partial charge on any atom is 0.345 e. The number of aliphatic carboxylic acids is 1. The van der Waals surface area contributed by atoms with Crippen LogP contribution in [-0.2, 0) is 9.63 Å². The lowest BCUT2D eigenvalue weighted by Gasteiger charge is -2.28. The second-order valence-corrected chi connectivity index (χ2v) is 17.9. The molecule has 7 heteroatoms. The van der Waals surface area contributed by atoms with E-state index in [4.69, 9.17) is 14.3 Å². The van der Waals surface area contributed by atoms with Gasteiger partial charge in [-0.25, -0.2) is 4.79 Å². The number of carbonyl (C=O) groups is 1. The fraction of sp³-hybridized carbons (Fsp3) is 0.297. The van der Waals surface area contributed by atoms with E-state index < -0.39 is 20.1 Å². The SMILES string of the molecule is CC(=NOCCOc1ccc(C(CC[Si](C)(C)C)C(Oc2ccc(C)cc2)C(=O)O)cc1)c1ccc(-c2ccccc2)cc1. The van der Waals surface area contributed by atoms with E-state index in [-0.39, 0.29) is 5.92 Å². The number of ether oxygens (including phenoxy) is 2. The van der Waals surface area contributed by atoms with Gasteiger partial charge in [0.15, 0.2) is 6.61 Å². The highest BCUT2D eigenvalue weighted by Gasteiger charge is 2.33. The third kappa shape index (κ3) is 9.84. The maximum atomic E-state index is 12.4. The number of carboxylic acids is 1. The number of aryl methyl sites for hydroxylation is 1. The molecular weight excluding hydrogens is 566 g/mol. The van der Waals surface area contributed by atoms with Gasteiger partial charge in [-0.3, -0.25) is 0 Å². The van der Waals surface area contributed by atoms with Crippen molar-refractivity contribution in [2.75, 3.05) is 13.2 Å². The third-order valence-electron chi connectivity index (χ3n) is 7.46. The molecule has 0 amide bonds. The van der Waals surface area contributed by atoms with Crippen LogP contribution in [0.4, 0.5) is 0 Å². The van der Waals surface area contributed by atoms with Crippen LogP contribution in [0.3, 0.4) is 0 Å². The van der Waals surface area contributed by atoms with Crippen LogP contribution < -0.4 is 9.47 Å². The van der Waals surface area contributed by atoms with E-state index in [9.17, 15) is 9.90 Å². The largest absolute Gasteiger partial charge is 0.490 e. The van der Waals surface area contributed by atoms with E-state index in [0.717, 1.165) is 40.4 Å². The summed E-state index contributed by atoms with van der Waals surface area (Å²) in [5.41, 5.74) is 6.13. The average molecular weight is 610 g/mol. The molecule has 2 atom stereocenters. The monoisotopic (exact) mass is 609 g/mol. The Bertz CT molecular complexity index is 1500. The highest BCUT2D eigenvalue weighted by atomic mass is 28.3. The lowest BCUT2D eigenvalue weighted by atomic mass is 9.90. The summed E-state index contributed by atoms with van der Waals surface area (Å²) in [5.74, 6) is -0.0172. The fourth-order valence-electron chi connectivity index (χ4n) is 4.89. The van der Waals surface area contributed by atoms with Gasteiger partial charge in [-0.2, -0.15) is 0 Å². The first-order valence-electron chi connectivity index (χ1n) is 15.1. The molecule has 0 aliphatic heterocycles. The van der Waals surface area contributed by atoms with E-state index in [1.54, 1.807) is 0 Å². The topological polar surface area (TPSA) is 77.3 Å². The van der Waals surface area contributed by atoms with Gasteiger partial charge >= 0.3 is 5.97 Å². The van der Waals surface area contributed by atoms with Crippen molar-refractivity contribution in [2.24, 2.45) is 5.16 Å². The number of rotatable bonds is 15. The number of oxime groups is 1. The zero-order valence-corrected chi connectivity index (χ0v) is 27.3. The van der Waals surface area contributed by atoms with E-state index in [1.807, 2.05) is 92.7 Å². The molecule has 0 aliphatic carbocycles. The Balaban J connectivity index is 1.34. The van der Waals surface area contributed by atoms with Crippen LogP contribution in [0.5, 0.6) is 11.5 Å². The summed E-state index contributed by atoms with van der Waals surface area (Å²) in [7, 11) is -1.41. The molecule has 4 aromatic rings. The van der Waals surface area contributed by atoms with Gasteiger partial charge in [-0.15, -0.1) is 0 Å². The van der Waals surface area contributed by atoms with Crippen molar-refractivity contribution in [1.29, 1.82) is 0 Å². The predicted octanol–water partition coefficient (Wildman–Crippen LogP) is 8.83. The third-order valence-corrected chi connectivity index (χ3v) is 9.25. The molecule has 0 aliphatic rings. The second-order valence-electron chi connectivity index (χ2n) is 12.3. The van der Waals surface area contributed by atoms with Gasteiger partial charge in [-0.05, 0) is 66.8 Å². The van der Waals surface area contributed by atoms with Crippen molar-refractivity contribution in [3.05, 3.63) is 120 Å². The molecule has 0 radical (unpaired) electrons. The summed E-state index contributed by atoms with van der Waals surface area (Å²) in [6.45, 7) is 11.4. The van der Waals surface area contributed by atoms with E-state index >= 15 is 0 Å². The molecule has 0 heterocycles. The van der Waals surface area contributed by atoms with Gasteiger partial charge in [0.05, 0.1) is 5.71 Å². The summed E-state index contributed by atoms with van der Waals surface area (Å²) in [6.07, 6.45) is -0.260. The zero-order valence-electron chi connectivity index (χ0n) is 26.3. The Morgan fingerprint density at radius 3 is 2.02 bits per heavy atom. The molecule has 1 N–H and O–H groups in total. The molecule has 0 fully saturated rings. The second kappa shape index (κ2) is 15.4. The molecule has 0 bridgehead atoms. The Hall–Kier alpha value is -4.36. The van der Waals surface area contributed by atoms with Crippen molar-refractivity contribution < 1.29 is 24.2 Å². The van der Waals surface area contributed by atoms with Crippen LogP contribution in [0, 0.1) is 6.92 Å². The minimum absolute atomic E-state index is 0.294. The molecule has 4 aromatic carbocycles. The number of benzene rings is 4. The number of hydrogen-bond acceptors (Lipinski definition) is 5. The summed E-state index contributed by atoms with van der Waals surface area (Å²) >= 11 is 0. The minimum Gasteiger partial charge on any atom is -0.490 e. The normalized spacial score (nSPS) is 13.2. The lowest BCUT2D eigenvalue weighted by molar-refractivity contribution is -0.146.